The molecule has 0 spiro atoms. The molecule has 4 aromatic rings. The topological polar surface area (TPSA) is 82.5 Å². The van der Waals surface area contributed by atoms with E-state index in [9.17, 15) is 4.79 Å². The summed E-state index contributed by atoms with van der Waals surface area (Å²) in [7, 11) is 1.33. The number of fused-ring (bicyclic) bond motifs is 3. The van der Waals surface area contributed by atoms with Crippen molar-refractivity contribution in [2.45, 2.75) is 17.8 Å². The summed E-state index contributed by atoms with van der Waals surface area (Å²) in [6.45, 7) is 1.85. The number of esters is 1. The van der Waals surface area contributed by atoms with Crippen molar-refractivity contribution in [3.8, 4) is 0 Å². The van der Waals surface area contributed by atoms with Gasteiger partial charge in [0.25, 0.3) is 0 Å². The number of nitrogens with zero attached hydrogens (tertiary/aromatic N) is 4. The number of rotatable bonds is 4. The fourth-order valence-electron chi connectivity index (χ4n) is 2.59. The van der Waals surface area contributed by atoms with Crippen LogP contribution in [0.25, 0.3) is 16.6 Å². The van der Waals surface area contributed by atoms with Crippen molar-refractivity contribution in [3.63, 3.8) is 0 Å². The van der Waals surface area contributed by atoms with Gasteiger partial charge in [0.1, 0.15) is 5.82 Å². The molecule has 0 fully saturated rings. The molecule has 0 bridgehead atoms. The Morgan fingerprint density at radius 1 is 1.28 bits per heavy atom. The second-order valence-electron chi connectivity index (χ2n) is 5.36. The fourth-order valence-corrected chi connectivity index (χ4v) is 3.51. The lowest BCUT2D eigenvalue weighted by molar-refractivity contribution is 0.0564. The molecule has 0 saturated heterocycles. The minimum absolute atomic E-state index is 0.210. The molecule has 126 valence electrons. The highest BCUT2D eigenvalue weighted by Gasteiger charge is 2.18. The molecule has 0 N–H and O–H groups in total. The van der Waals surface area contributed by atoms with Gasteiger partial charge in [0.2, 0.25) is 5.76 Å². The van der Waals surface area contributed by atoms with Gasteiger partial charge in [-0.1, -0.05) is 23.9 Å². The SMILES string of the molecule is COC(=O)c1occc1CSc1nc2ccccc2c2nc(C)nn12. The van der Waals surface area contributed by atoms with Gasteiger partial charge in [-0.05, 0) is 25.1 Å². The average Bonchev–Trinajstić information content (AvgIpc) is 3.25. The summed E-state index contributed by atoms with van der Waals surface area (Å²) >= 11 is 1.46. The predicted octanol–water partition coefficient (Wildman–Crippen LogP) is 3.26. The normalized spacial score (nSPS) is 11.3. The molecule has 8 heteroatoms. The summed E-state index contributed by atoms with van der Waals surface area (Å²) in [6.07, 6.45) is 1.48. The molecule has 0 unspecified atom stereocenters. The number of carbonyl (C=O) groups is 1. The molecule has 25 heavy (non-hydrogen) atoms. The minimum Gasteiger partial charge on any atom is -0.463 e. The number of aryl methyl sites for hydroxylation is 1. The van der Waals surface area contributed by atoms with Crippen LogP contribution in [0.15, 0.2) is 46.2 Å². The van der Waals surface area contributed by atoms with E-state index in [1.165, 1.54) is 25.1 Å². The first kappa shape index (κ1) is 15.6. The van der Waals surface area contributed by atoms with Crippen LogP contribution in [-0.4, -0.2) is 32.7 Å². The summed E-state index contributed by atoms with van der Waals surface area (Å²) in [5.74, 6) is 0.898. The number of carbonyl (C=O) groups excluding carboxylic acids is 1. The number of ether oxygens (including phenoxy) is 1. The van der Waals surface area contributed by atoms with E-state index in [2.05, 4.69) is 15.1 Å². The molecule has 0 saturated carbocycles. The average molecular weight is 354 g/mol. The van der Waals surface area contributed by atoms with E-state index in [0.717, 1.165) is 22.1 Å². The van der Waals surface area contributed by atoms with Crippen molar-refractivity contribution in [1.29, 1.82) is 0 Å². The van der Waals surface area contributed by atoms with Crippen LogP contribution in [0.1, 0.15) is 21.9 Å². The lowest BCUT2D eigenvalue weighted by Crippen LogP contribution is -2.03. The first-order chi connectivity index (χ1) is 12.2. The standard InChI is InChI=1S/C17H14N4O3S/c1-10-18-15-12-5-3-4-6-13(12)19-17(21(15)20-10)25-9-11-7-8-24-14(11)16(22)23-2/h3-8H,9H2,1-2H3. The molecule has 0 radical (unpaired) electrons. The number of methoxy groups -OCH3 is 1. The highest BCUT2D eigenvalue weighted by molar-refractivity contribution is 7.98. The molecule has 3 aromatic heterocycles. The van der Waals surface area contributed by atoms with Crippen molar-refractivity contribution >= 4 is 34.3 Å². The monoisotopic (exact) mass is 354 g/mol. The van der Waals surface area contributed by atoms with Crippen molar-refractivity contribution in [2.75, 3.05) is 7.11 Å². The Morgan fingerprint density at radius 2 is 2.12 bits per heavy atom. The number of para-hydroxylation sites is 1. The highest BCUT2D eigenvalue weighted by Crippen LogP contribution is 2.27. The maximum Gasteiger partial charge on any atom is 0.374 e. The van der Waals surface area contributed by atoms with E-state index in [-0.39, 0.29) is 5.76 Å². The van der Waals surface area contributed by atoms with Crippen LogP contribution in [0.2, 0.25) is 0 Å². The molecule has 3 heterocycles. The second-order valence-corrected chi connectivity index (χ2v) is 6.30. The summed E-state index contributed by atoms with van der Waals surface area (Å²) in [5, 5.41) is 6.09. The quantitative estimate of drug-likeness (QED) is 0.316. The molecule has 0 atom stereocenters. The van der Waals surface area contributed by atoms with Crippen LogP contribution in [0.3, 0.4) is 0 Å². The largest absolute Gasteiger partial charge is 0.463 e. The molecular weight excluding hydrogens is 340 g/mol. The number of benzene rings is 1. The van der Waals surface area contributed by atoms with Gasteiger partial charge in [0, 0.05) is 16.7 Å². The van der Waals surface area contributed by atoms with Crippen molar-refractivity contribution in [1.82, 2.24) is 19.6 Å². The summed E-state index contributed by atoms with van der Waals surface area (Å²) < 4.78 is 11.7. The van der Waals surface area contributed by atoms with Gasteiger partial charge in [-0.25, -0.2) is 14.8 Å². The van der Waals surface area contributed by atoms with Crippen molar-refractivity contribution in [2.24, 2.45) is 0 Å². The van der Waals surface area contributed by atoms with Gasteiger partial charge in [0.05, 0.1) is 18.9 Å². The predicted molar refractivity (Wildman–Crippen MR) is 92.6 cm³/mol. The van der Waals surface area contributed by atoms with Crippen molar-refractivity contribution in [3.05, 3.63) is 53.7 Å². The van der Waals surface area contributed by atoms with Gasteiger partial charge in [-0.15, -0.1) is 5.10 Å². The zero-order chi connectivity index (χ0) is 17.4. The van der Waals surface area contributed by atoms with Gasteiger partial charge in [-0.2, -0.15) is 4.52 Å². The number of thioether (sulfide) groups is 1. The van der Waals surface area contributed by atoms with E-state index >= 15 is 0 Å². The van der Waals surface area contributed by atoms with Gasteiger partial charge >= 0.3 is 5.97 Å². The Balaban J connectivity index is 1.74. The van der Waals surface area contributed by atoms with Gasteiger partial charge in [0.15, 0.2) is 10.8 Å². The number of hydrogen-bond donors (Lipinski definition) is 0. The first-order valence-electron chi connectivity index (χ1n) is 7.57. The zero-order valence-electron chi connectivity index (χ0n) is 13.6. The summed E-state index contributed by atoms with van der Waals surface area (Å²) in [4.78, 5) is 20.9. The van der Waals surface area contributed by atoms with E-state index in [1.54, 1.807) is 10.6 Å². The Bertz CT molecular complexity index is 1090. The lowest BCUT2D eigenvalue weighted by Gasteiger charge is -2.06. The maximum atomic E-state index is 11.7. The van der Waals surface area contributed by atoms with Gasteiger partial charge in [-0.3, -0.25) is 0 Å². The van der Waals surface area contributed by atoms with E-state index in [4.69, 9.17) is 9.15 Å². The van der Waals surface area contributed by atoms with E-state index in [1.807, 2.05) is 31.2 Å². The second kappa shape index (κ2) is 6.21. The highest BCUT2D eigenvalue weighted by atomic mass is 32.2. The molecule has 1 aromatic carbocycles. The summed E-state index contributed by atoms with van der Waals surface area (Å²) in [6, 6.07) is 9.57. The van der Waals surface area contributed by atoms with E-state index in [0.29, 0.717) is 16.7 Å². The zero-order valence-corrected chi connectivity index (χ0v) is 14.4. The lowest BCUT2D eigenvalue weighted by atomic mass is 10.2. The van der Waals surface area contributed by atoms with Crippen LogP contribution in [0.5, 0.6) is 0 Å². The Hall–Kier alpha value is -2.87. The first-order valence-corrected chi connectivity index (χ1v) is 8.55. The number of furan rings is 1. The third-order valence-corrected chi connectivity index (χ3v) is 4.71. The number of hydrogen-bond acceptors (Lipinski definition) is 7. The fraction of sp³-hybridized carbons (Fsp3) is 0.176. The van der Waals surface area contributed by atoms with Crippen LogP contribution in [-0.2, 0) is 10.5 Å². The van der Waals surface area contributed by atoms with Gasteiger partial charge < -0.3 is 9.15 Å². The molecule has 0 amide bonds. The maximum absolute atomic E-state index is 11.7. The third kappa shape index (κ3) is 2.74. The minimum atomic E-state index is -0.492. The molecule has 0 aliphatic carbocycles. The van der Waals surface area contributed by atoms with Crippen molar-refractivity contribution < 1.29 is 13.9 Å². The molecule has 0 aliphatic rings. The molecule has 0 aliphatic heterocycles. The number of aromatic nitrogens is 4. The molecule has 7 nitrogen and oxygen atoms in total. The smallest absolute Gasteiger partial charge is 0.374 e. The Labute approximate surface area is 147 Å². The Morgan fingerprint density at radius 3 is 2.96 bits per heavy atom. The van der Waals surface area contributed by atoms with Crippen LogP contribution >= 0.6 is 11.8 Å². The third-order valence-electron chi connectivity index (χ3n) is 3.73. The van der Waals surface area contributed by atoms with E-state index < -0.39 is 5.97 Å². The Kier molecular flexibility index (Phi) is 3.89. The van der Waals surface area contributed by atoms with Crippen LogP contribution < -0.4 is 0 Å². The molecule has 4 rings (SSSR count). The van der Waals surface area contributed by atoms with Crippen LogP contribution in [0, 0.1) is 6.92 Å². The summed E-state index contributed by atoms with van der Waals surface area (Å²) in [5.41, 5.74) is 2.37. The molecular formula is C17H14N4O3S. The van der Waals surface area contributed by atoms with Crippen LogP contribution in [0.4, 0.5) is 0 Å².